The maximum Gasteiger partial charge on any atom is 0.303 e. The number of hydrogen-bond acceptors (Lipinski definition) is 4. The third-order valence-electron chi connectivity index (χ3n) is 5.83. The summed E-state index contributed by atoms with van der Waals surface area (Å²) < 4.78 is 18.1. The van der Waals surface area contributed by atoms with Gasteiger partial charge in [-0.2, -0.15) is 0 Å². The average molecular weight is 417 g/mol. The molecule has 4 atom stereocenters. The molecule has 1 aliphatic carbocycles. The Labute approximate surface area is 177 Å². The maximum absolute atomic E-state index is 11.5. The van der Waals surface area contributed by atoms with Crippen LogP contribution in [0.15, 0.2) is 35.5 Å². The molecule has 0 saturated carbocycles. The number of esters is 1. The molecule has 1 fully saturated rings. The van der Waals surface area contributed by atoms with Crippen LogP contribution in [0.5, 0.6) is 0 Å². The normalized spacial score (nSPS) is 25.1. The van der Waals surface area contributed by atoms with Crippen LogP contribution >= 0.6 is 0 Å². The van der Waals surface area contributed by atoms with Crippen LogP contribution < -0.4 is 0 Å². The summed E-state index contributed by atoms with van der Waals surface area (Å²) in [6.45, 7) is 16.4. The first-order chi connectivity index (χ1) is 13.7. The zero-order valence-corrected chi connectivity index (χ0v) is 19.8. The molecule has 0 spiro atoms. The fraction of sp³-hybridized carbons (Fsp3) is 0.625. The van der Waals surface area contributed by atoms with Crippen LogP contribution in [-0.4, -0.2) is 38.7 Å². The van der Waals surface area contributed by atoms with Gasteiger partial charge in [0.25, 0.3) is 0 Å². The highest BCUT2D eigenvalue weighted by molar-refractivity contribution is 6.73. The summed E-state index contributed by atoms with van der Waals surface area (Å²) in [5, 5.41) is 0. The van der Waals surface area contributed by atoms with Gasteiger partial charge in [-0.3, -0.25) is 4.79 Å². The predicted octanol–water partition coefficient (Wildman–Crippen LogP) is 5.32. The van der Waals surface area contributed by atoms with Crippen molar-refractivity contribution in [1.29, 1.82) is 0 Å². The van der Waals surface area contributed by atoms with E-state index in [2.05, 4.69) is 59.1 Å². The van der Waals surface area contributed by atoms with Gasteiger partial charge in [-0.15, -0.1) is 0 Å². The van der Waals surface area contributed by atoms with Crippen molar-refractivity contribution < 1.29 is 18.7 Å². The number of carbonyl (C=O) groups excluding carboxylic acids is 1. The van der Waals surface area contributed by atoms with E-state index in [1.165, 1.54) is 12.5 Å². The van der Waals surface area contributed by atoms with E-state index >= 15 is 0 Å². The molecule has 1 heterocycles. The summed E-state index contributed by atoms with van der Waals surface area (Å²) in [6, 6.07) is 3.20. The number of ether oxygens (including phenoxy) is 2. The first-order valence-electron chi connectivity index (χ1n) is 10.8. The van der Waals surface area contributed by atoms with Crippen LogP contribution in [0, 0.1) is 11.8 Å². The zero-order valence-electron chi connectivity index (χ0n) is 18.8. The molecule has 1 aliphatic heterocycles. The third kappa shape index (κ3) is 6.43. The predicted molar refractivity (Wildman–Crippen MR) is 120 cm³/mol. The second-order valence-electron chi connectivity index (χ2n) is 8.22. The molecule has 0 amide bonds. The Kier molecular flexibility index (Phi) is 8.51. The summed E-state index contributed by atoms with van der Waals surface area (Å²) in [5.74, 6) is 6.18. The molecule has 29 heavy (non-hydrogen) atoms. The summed E-state index contributed by atoms with van der Waals surface area (Å²) in [4.78, 5) is 11.5. The molecule has 0 radical (unpaired) electrons. The molecule has 160 valence electrons. The minimum Gasteiger partial charge on any atom is -0.455 e. The number of fused-ring (bicyclic) bond motifs is 1. The van der Waals surface area contributed by atoms with Crippen molar-refractivity contribution in [1.82, 2.24) is 0 Å². The van der Waals surface area contributed by atoms with Gasteiger partial charge in [-0.05, 0) is 56.5 Å². The number of carbonyl (C=O) groups is 1. The van der Waals surface area contributed by atoms with Gasteiger partial charge >= 0.3 is 5.97 Å². The summed E-state index contributed by atoms with van der Waals surface area (Å²) in [5.41, 5.74) is 3.07. The second kappa shape index (κ2) is 10.4. The number of hydrogen-bond donors (Lipinski definition) is 0. The highest BCUT2D eigenvalue weighted by Crippen LogP contribution is 2.42. The van der Waals surface area contributed by atoms with E-state index in [1.807, 2.05) is 6.08 Å². The summed E-state index contributed by atoms with van der Waals surface area (Å²) in [6.07, 6.45) is 5.15. The van der Waals surface area contributed by atoms with Crippen LogP contribution in [0.1, 0.15) is 54.4 Å². The SMILES string of the molecule is C=C(C#CC1=C[C@@H](OC(C)=O)[C@@H]2O[C@@H]2[C@H]1O[Si](CC)(CC)CC)CCC=C(C)C. The van der Waals surface area contributed by atoms with Crippen LogP contribution in [0.4, 0.5) is 0 Å². The van der Waals surface area contributed by atoms with Gasteiger partial charge in [0, 0.05) is 12.5 Å². The van der Waals surface area contributed by atoms with E-state index in [0.717, 1.165) is 42.1 Å². The van der Waals surface area contributed by atoms with Crippen molar-refractivity contribution in [2.75, 3.05) is 0 Å². The van der Waals surface area contributed by atoms with Crippen molar-refractivity contribution in [2.45, 2.75) is 96.9 Å². The number of epoxide rings is 1. The minimum atomic E-state index is -1.83. The zero-order chi connectivity index (χ0) is 21.6. The van der Waals surface area contributed by atoms with Crippen molar-refractivity contribution >= 4 is 14.3 Å². The molecule has 5 heteroatoms. The first kappa shape index (κ1) is 23.7. The topological polar surface area (TPSA) is 48.1 Å². The summed E-state index contributed by atoms with van der Waals surface area (Å²) >= 11 is 0. The van der Waals surface area contributed by atoms with Gasteiger partial charge in [0.05, 0.1) is 0 Å². The Hall–Kier alpha value is -1.61. The van der Waals surface area contributed by atoms with Crippen molar-refractivity contribution in [3.8, 4) is 11.8 Å². The lowest BCUT2D eigenvalue weighted by Crippen LogP contribution is -2.45. The summed E-state index contributed by atoms with van der Waals surface area (Å²) in [7, 11) is -1.83. The average Bonchev–Trinajstić information content (AvgIpc) is 3.47. The lowest BCUT2D eigenvalue weighted by atomic mass is 9.94. The standard InChI is InChI=1S/C24H36O4Si/c1-8-29(9-2,10-3)28-22-20(15-14-18(6)13-11-12-17(4)5)16-21(26-19(7)25)23-24(22)27-23/h12,16,21-24H,6,8-11,13H2,1-5,7H3/t21-,22+,23+,24-/m1/s1. The van der Waals surface area contributed by atoms with E-state index in [-0.39, 0.29) is 30.4 Å². The third-order valence-corrected chi connectivity index (χ3v) is 10.4. The maximum atomic E-state index is 11.5. The van der Waals surface area contributed by atoms with Gasteiger partial charge in [0.1, 0.15) is 24.4 Å². The Morgan fingerprint density at radius 2 is 1.86 bits per heavy atom. The molecule has 0 aromatic heterocycles. The number of rotatable bonds is 9. The molecule has 0 unspecified atom stereocenters. The smallest absolute Gasteiger partial charge is 0.303 e. The molecule has 0 aromatic carbocycles. The quantitative estimate of drug-likeness (QED) is 0.168. The van der Waals surface area contributed by atoms with Crippen molar-refractivity contribution in [2.24, 2.45) is 0 Å². The lowest BCUT2D eigenvalue weighted by Gasteiger charge is -2.34. The van der Waals surface area contributed by atoms with E-state index in [4.69, 9.17) is 13.9 Å². The number of allylic oxidation sites excluding steroid dienone is 3. The Balaban J connectivity index is 2.23. The van der Waals surface area contributed by atoms with E-state index in [9.17, 15) is 4.79 Å². The first-order valence-corrected chi connectivity index (χ1v) is 13.3. The minimum absolute atomic E-state index is 0.0795. The Morgan fingerprint density at radius 1 is 1.21 bits per heavy atom. The Morgan fingerprint density at radius 3 is 2.41 bits per heavy atom. The van der Waals surface area contributed by atoms with Crippen LogP contribution in [0.3, 0.4) is 0 Å². The van der Waals surface area contributed by atoms with Crippen LogP contribution in [-0.2, 0) is 18.7 Å². The van der Waals surface area contributed by atoms with Crippen LogP contribution in [0.25, 0.3) is 0 Å². The lowest BCUT2D eigenvalue weighted by molar-refractivity contribution is -0.145. The molecule has 1 saturated heterocycles. The fourth-order valence-electron chi connectivity index (χ4n) is 3.75. The largest absolute Gasteiger partial charge is 0.455 e. The molecule has 0 bridgehead atoms. The molecular weight excluding hydrogens is 380 g/mol. The van der Waals surface area contributed by atoms with Gasteiger partial charge in [0.15, 0.2) is 8.32 Å². The van der Waals surface area contributed by atoms with Gasteiger partial charge < -0.3 is 13.9 Å². The van der Waals surface area contributed by atoms with Crippen LogP contribution in [0.2, 0.25) is 18.1 Å². The van der Waals surface area contributed by atoms with E-state index in [0.29, 0.717) is 0 Å². The highest BCUT2D eigenvalue weighted by Gasteiger charge is 2.56. The van der Waals surface area contributed by atoms with Gasteiger partial charge in [0.2, 0.25) is 0 Å². The molecule has 4 nitrogen and oxygen atoms in total. The molecular formula is C24H36O4Si. The van der Waals surface area contributed by atoms with Crippen molar-refractivity contribution in [3.05, 3.63) is 35.5 Å². The molecule has 0 aromatic rings. The van der Waals surface area contributed by atoms with E-state index < -0.39 is 8.32 Å². The monoisotopic (exact) mass is 416 g/mol. The van der Waals surface area contributed by atoms with Gasteiger partial charge in [-0.1, -0.05) is 50.8 Å². The van der Waals surface area contributed by atoms with Gasteiger partial charge in [-0.25, -0.2) is 0 Å². The van der Waals surface area contributed by atoms with E-state index in [1.54, 1.807) is 0 Å². The Bertz CT molecular complexity index is 723. The van der Waals surface area contributed by atoms with Crippen molar-refractivity contribution in [3.63, 3.8) is 0 Å². The molecule has 2 aliphatic rings. The molecule has 0 N–H and O–H groups in total. The second-order valence-corrected chi connectivity index (χ2v) is 12.9. The molecule has 2 rings (SSSR count). The highest BCUT2D eigenvalue weighted by atomic mass is 28.4. The fourth-order valence-corrected chi connectivity index (χ4v) is 6.55.